The number of rotatable bonds is 4. The van der Waals surface area contributed by atoms with Crippen molar-refractivity contribution in [2.75, 3.05) is 0 Å². The van der Waals surface area contributed by atoms with Crippen LogP contribution < -0.4 is 0 Å². The molecule has 0 aliphatic rings. The molecule has 2 rings (SSSR count). The van der Waals surface area contributed by atoms with E-state index < -0.39 is 17.7 Å². The van der Waals surface area contributed by atoms with Crippen molar-refractivity contribution in [1.29, 1.82) is 0 Å². The Morgan fingerprint density at radius 3 is 2.65 bits per heavy atom. The number of aliphatic hydroxyl groups is 1. The van der Waals surface area contributed by atoms with Gasteiger partial charge in [0.2, 0.25) is 0 Å². The highest BCUT2D eigenvalue weighted by Gasteiger charge is 2.20. The zero-order valence-electron chi connectivity index (χ0n) is 11.2. The predicted molar refractivity (Wildman–Crippen MR) is 72.6 cm³/mol. The Morgan fingerprint density at radius 2 is 2.10 bits per heavy atom. The van der Waals surface area contributed by atoms with E-state index in [0.29, 0.717) is 17.1 Å². The van der Waals surface area contributed by atoms with Crippen LogP contribution in [0.3, 0.4) is 0 Å². The number of halogens is 3. The predicted octanol–water partition coefficient (Wildman–Crippen LogP) is 3.19. The largest absolute Gasteiger partial charge is 0.388 e. The van der Waals surface area contributed by atoms with Gasteiger partial charge in [0, 0.05) is 25.1 Å². The molecule has 0 saturated carbocycles. The number of hydrogen-bond donors (Lipinski definition) is 1. The summed E-state index contributed by atoms with van der Waals surface area (Å²) in [6.07, 6.45) is -0.313. The van der Waals surface area contributed by atoms with E-state index in [4.69, 9.17) is 11.6 Å². The second-order valence-electron chi connectivity index (χ2n) is 4.57. The highest BCUT2D eigenvalue weighted by Crippen LogP contribution is 2.27. The summed E-state index contributed by atoms with van der Waals surface area (Å²) in [6.45, 7) is 1.92. The standard InChI is InChI=1S/C14H15ClF2N2O/c1-3-11-14(15)12(19(2)18-11)7-13(20)9-5-4-8(16)6-10(9)17/h4-6,13,20H,3,7H2,1-2H3. The Hall–Kier alpha value is -1.46. The molecule has 1 atom stereocenters. The fourth-order valence-electron chi connectivity index (χ4n) is 2.11. The summed E-state index contributed by atoms with van der Waals surface area (Å²) in [5.74, 6) is -1.45. The summed E-state index contributed by atoms with van der Waals surface area (Å²) >= 11 is 6.18. The summed E-state index contributed by atoms with van der Waals surface area (Å²) in [5.41, 5.74) is 1.40. The van der Waals surface area contributed by atoms with Gasteiger partial charge in [-0.1, -0.05) is 24.6 Å². The van der Waals surface area contributed by atoms with Crippen LogP contribution in [-0.4, -0.2) is 14.9 Å². The van der Waals surface area contributed by atoms with E-state index in [2.05, 4.69) is 5.10 Å². The first-order valence-corrected chi connectivity index (χ1v) is 6.65. The van der Waals surface area contributed by atoms with Crippen molar-refractivity contribution in [2.24, 2.45) is 7.05 Å². The SMILES string of the molecule is CCc1nn(C)c(CC(O)c2ccc(F)cc2F)c1Cl. The van der Waals surface area contributed by atoms with Crippen molar-refractivity contribution < 1.29 is 13.9 Å². The summed E-state index contributed by atoms with van der Waals surface area (Å²) in [7, 11) is 1.72. The fraction of sp³-hybridized carbons (Fsp3) is 0.357. The van der Waals surface area contributed by atoms with E-state index in [1.165, 1.54) is 6.07 Å². The molecule has 1 N–H and O–H groups in total. The smallest absolute Gasteiger partial charge is 0.131 e. The minimum Gasteiger partial charge on any atom is -0.388 e. The Kier molecular flexibility index (Phi) is 4.40. The third-order valence-corrected chi connectivity index (χ3v) is 3.65. The highest BCUT2D eigenvalue weighted by atomic mass is 35.5. The molecular weight excluding hydrogens is 286 g/mol. The lowest BCUT2D eigenvalue weighted by molar-refractivity contribution is 0.171. The van der Waals surface area contributed by atoms with Crippen LogP contribution in [-0.2, 0) is 19.9 Å². The molecule has 0 bridgehead atoms. The van der Waals surface area contributed by atoms with Gasteiger partial charge in [0.05, 0.1) is 22.5 Å². The van der Waals surface area contributed by atoms with Gasteiger partial charge in [0.1, 0.15) is 11.6 Å². The average Bonchev–Trinajstić information content (AvgIpc) is 2.66. The first kappa shape index (κ1) is 14.9. The molecule has 6 heteroatoms. The molecular formula is C14H15ClF2N2O. The Bertz CT molecular complexity index is 628. The quantitative estimate of drug-likeness (QED) is 0.941. The Balaban J connectivity index is 2.27. The zero-order valence-corrected chi connectivity index (χ0v) is 12.0. The lowest BCUT2D eigenvalue weighted by Gasteiger charge is -2.12. The number of aliphatic hydroxyl groups excluding tert-OH is 1. The van der Waals surface area contributed by atoms with Crippen LogP contribution >= 0.6 is 11.6 Å². The van der Waals surface area contributed by atoms with E-state index in [1.807, 2.05) is 6.92 Å². The van der Waals surface area contributed by atoms with Crippen molar-refractivity contribution >= 4 is 11.6 Å². The number of aryl methyl sites for hydroxylation is 2. The summed E-state index contributed by atoms with van der Waals surface area (Å²) in [6, 6.07) is 3.10. The summed E-state index contributed by atoms with van der Waals surface area (Å²) < 4.78 is 28.1. The van der Waals surface area contributed by atoms with E-state index in [9.17, 15) is 13.9 Å². The van der Waals surface area contributed by atoms with Gasteiger partial charge in [-0.2, -0.15) is 5.10 Å². The van der Waals surface area contributed by atoms with Crippen molar-refractivity contribution in [3.8, 4) is 0 Å². The molecule has 3 nitrogen and oxygen atoms in total. The first-order valence-electron chi connectivity index (χ1n) is 6.27. The normalized spacial score (nSPS) is 12.7. The number of nitrogens with zero attached hydrogens (tertiary/aromatic N) is 2. The first-order chi connectivity index (χ1) is 9.43. The summed E-state index contributed by atoms with van der Waals surface area (Å²) in [4.78, 5) is 0. The van der Waals surface area contributed by atoms with Crippen LogP contribution in [0, 0.1) is 11.6 Å². The average molecular weight is 301 g/mol. The van der Waals surface area contributed by atoms with E-state index in [1.54, 1.807) is 11.7 Å². The molecule has 0 amide bonds. The third kappa shape index (κ3) is 2.83. The molecule has 1 aromatic heterocycles. The van der Waals surface area contributed by atoms with Gasteiger partial charge in [0.15, 0.2) is 0 Å². The number of hydrogen-bond acceptors (Lipinski definition) is 2. The van der Waals surface area contributed by atoms with E-state index in [0.717, 1.165) is 17.8 Å². The topological polar surface area (TPSA) is 38.0 Å². The second kappa shape index (κ2) is 5.89. The minimum absolute atomic E-state index is 0.0433. The maximum atomic E-state index is 13.6. The van der Waals surface area contributed by atoms with Crippen LogP contribution in [0.15, 0.2) is 18.2 Å². The Morgan fingerprint density at radius 1 is 1.40 bits per heavy atom. The zero-order chi connectivity index (χ0) is 14.9. The van der Waals surface area contributed by atoms with Gasteiger partial charge in [0.25, 0.3) is 0 Å². The molecule has 1 heterocycles. The molecule has 0 spiro atoms. The van der Waals surface area contributed by atoms with Crippen LogP contribution in [0.5, 0.6) is 0 Å². The van der Waals surface area contributed by atoms with E-state index in [-0.39, 0.29) is 12.0 Å². The fourth-order valence-corrected chi connectivity index (χ4v) is 2.48. The van der Waals surface area contributed by atoms with Gasteiger partial charge in [-0.3, -0.25) is 4.68 Å². The van der Waals surface area contributed by atoms with Gasteiger partial charge >= 0.3 is 0 Å². The minimum atomic E-state index is -1.10. The molecule has 2 aromatic rings. The molecule has 20 heavy (non-hydrogen) atoms. The maximum Gasteiger partial charge on any atom is 0.131 e. The monoisotopic (exact) mass is 300 g/mol. The van der Waals surface area contributed by atoms with Gasteiger partial charge in [-0.05, 0) is 12.5 Å². The van der Waals surface area contributed by atoms with Crippen molar-refractivity contribution in [1.82, 2.24) is 9.78 Å². The molecule has 1 aromatic carbocycles. The third-order valence-electron chi connectivity index (χ3n) is 3.21. The van der Waals surface area contributed by atoms with Gasteiger partial charge < -0.3 is 5.11 Å². The molecule has 0 aliphatic heterocycles. The Labute approximate surface area is 120 Å². The van der Waals surface area contributed by atoms with Gasteiger partial charge in [-0.25, -0.2) is 8.78 Å². The molecule has 0 saturated heterocycles. The lowest BCUT2D eigenvalue weighted by atomic mass is 10.0. The van der Waals surface area contributed by atoms with Crippen molar-refractivity contribution in [3.63, 3.8) is 0 Å². The summed E-state index contributed by atoms with van der Waals surface area (Å²) in [5, 5.41) is 14.8. The highest BCUT2D eigenvalue weighted by molar-refractivity contribution is 6.31. The molecule has 0 radical (unpaired) electrons. The number of benzene rings is 1. The van der Waals surface area contributed by atoms with Crippen molar-refractivity contribution in [3.05, 3.63) is 51.8 Å². The molecule has 108 valence electrons. The molecule has 0 aliphatic carbocycles. The van der Waals surface area contributed by atoms with Crippen LogP contribution in [0.2, 0.25) is 5.02 Å². The van der Waals surface area contributed by atoms with Crippen molar-refractivity contribution in [2.45, 2.75) is 25.9 Å². The van der Waals surface area contributed by atoms with E-state index >= 15 is 0 Å². The molecule has 1 unspecified atom stereocenters. The van der Waals surface area contributed by atoms with Crippen LogP contribution in [0.1, 0.15) is 30.0 Å². The number of aromatic nitrogens is 2. The van der Waals surface area contributed by atoms with Crippen LogP contribution in [0.4, 0.5) is 8.78 Å². The maximum absolute atomic E-state index is 13.6. The second-order valence-corrected chi connectivity index (χ2v) is 4.95. The van der Waals surface area contributed by atoms with Crippen LogP contribution in [0.25, 0.3) is 0 Å². The lowest BCUT2D eigenvalue weighted by Crippen LogP contribution is -2.08. The van der Waals surface area contributed by atoms with Gasteiger partial charge in [-0.15, -0.1) is 0 Å². The molecule has 0 fully saturated rings.